The number of carbonyl (C=O) groups is 1. The molecule has 0 radical (unpaired) electrons. The first-order chi connectivity index (χ1) is 14.5. The summed E-state index contributed by atoms with van der Waals surface area (Å²) in [4.78, 5) is 19.0. The zero-order chi connectivity index (χ0) is 21.5. The third-order valence-electron chi connectivity index (χ3n) is 4.22. The van der Waals surface area contributed by atoms with Crippen LogP contribution in [0.1, 0.15) is 18.9 Å². The Balaban J connectivity index is 2.11. The highest BCUT2D eigenvalue weighted by Crippen LogP contribution is 2.39. The lowest BCUT2D eigenvalue weighted by molar-refractivity contribution is -0.112. The molecule has 1 aromatic heterocycles. The van der Waals surface area contributed by atoms with Gasteiger partial charge >= 0.3 is 5.91 Å². The lowest BCUT2D eigenvalue weighted by Crippen LogP contribution is -2.27. The van der Waals surface area contributed by atoms with Gasteiger partial charge in [0.1, 0.15) is 31.4 Å². The quantitative estimate of drug-likeness (QED) is 0.464. The van der Waals surface area contributed by atoms with E-state index in [0.717, 1.165) is 10.0 Å². The molecular formula is C22H23BrN2O5. The predicted molar refractivity (Wildman–Crippen MR) is 117 cm³/mol. The molecule has 30 heavy (non-hydrogen) atoms. The number of hydrogen-bond acceptors (Lipinski definition) is 6. The Morgan fingerprint density at radius 3 is 2.83 bits per heavy atom. The van der Waals surface area contributed by atoms with Crippen molar-refractivity contribution in [2.45, 2.75) is 20.3 Å². The van der Waals surface area contributed by atoms with Crippen LogP contribution in [0.2, 0.25) is 0 Å². The van der Waals surface area contributed by atoms with Gasteiger partial charge in [-0.25, -0.2) is 4.90 Å². The van der Waals surface area contributed by atoms with Crippen LogP contribution in [-0.4, -0.2) is 44.4 Å². The number of aromatic nitrogens is 1. The lowest BCUT2D eigenvalue weighted by Gasteiger charge is -2.25. The van der Waals surface area contributed by atoms with Gasteiger partial charge in [0.25, 0.3) is 5.88 Å². The van der Waals surface area contributed by atoms with Gasteiger partial charge in [0.15, 0.2) is 5.75 Å². The standard InChI is InChI=1S/C22H23BrN2O5/c1-4-5-6-21(26)25(20-8-7-18-22(24-20)30-12-11-28-18)17-13-15(2)16(23)14-19(17)29-10-9-27-3/h7-8,13-14H,4,9-12H2,1-3H3. The number of anilines is 2. The molecule has 0 bridgehead atoms. The maximum Gasteiger partial charge on any atom is 0.308 e. The summed E-state index contributed by atoms with van der Waals surface area (Å²) >= 11 is 3.53. The monoisotopic (exact) mass is 474 g/mol. The number of benzene rings is 1. The normalized spacial score (nSPS) is 12.0. The van der Waals surface area contributed by atoms with Gasteiger partial charge in [-0.05, 0) is 42.7 Å². The summed E-state index contributed by atoms with van der Waals surface area (Å²) in [6.07, 6.45) is 0.560. The van der Waals surface area contributed by atoms with Crippen molar-refractivity contribution in [3.8, 4) is 29.2 Å². The second kappa shape index (κ2) is 10.3. The second-order valence-electron chi connectivity index (χ2n) is 6.38. The molecule has 3 rings (SSSR count). The minimum atomic E-state index is -0.417. The van der Waals surface area contributed by atoms with Gasteiger partial charge in [-0.2, -0.15) is 4.98 Å². The van der Waals surface area contributed by atoms with Crippen LogP contribution in [0.15, 0.2) is 28.7 Å². The van der Waals surface area contributed by atoms with Crippen LogP contribution in [0.25, 0.3) is 0 Å². The molecule has 0 fully saturated rings. The third-order valence-corrected chi connectivity index (χ3v) is 5.08. The van der Waals surface area contributed by atoms with Crippen molar-refractivity contribution in [3.05, 3.63) is 34.3 Å². The summed E-state index contributed by atoms with van der Waals surface area (Å²) in [6, 6.07) is 7.12. The summed E-state index contributed by atoms with van der Waals surface area (Å²) < 4.78 is 23.0. The molecule has 0 atom stereocenters. The molecule has 0 saturated carbocycles. The number of carbonyl (C=O) groups excluding carboxylic acids is 1. The van der Waals surface area contributed by atoms with Crippen molar-refractivity contribution in [2.24, 2.45) is 0 Å². The van der Waals surface area contributed by atoms with Crippen molar-refractivity contribution in [3.63, 3.8) is 0 Å². The summed E-state index contributed by atoms with van der Waals surface area (Å²) in [7, 11) is 1.60. The smallest absolute Gasteiger partial charge is 0.308 e. The number of aryl methyl sites for hydroxylation is 1. The Kier molecular flexibility index (Phi) is 7.55. The molecule has 1 amide bonds. The summed E-state index contributed by atoms with van der Waals surface area (Å²) in [6.45, 7) is 5.42. The maximum absolute atomic E-state index is 13.1. The van der Waals surface area contributed by atoms with E-state index in [1.165, 1.54) is 4.90 Å². The van der Waals surface area contributed by atoms with Crippen LogP contribution in [0.4, 0.5) is 11.5 Å². The molecule has 8 heteroatoms. The molecule has 1 aliphatic heterocycles. The summed E-state index contributed by atoms with van der Waals surface area (Å²) in [5, 5.41) is 0. The highest BCUT2D eigenvalue weighted by molar-refractivity contribution is 9.10. The van der Waals surface area contributed by atoms with Crippen LogP contribution < -0.4 is 19.1 Å². The molecule has 0 unspecified atom stereocenters. The van der Waals surface area contributed by atoms with E-state index in [2.05, 4.69) is 32.8 Å². The van der Waals surface area contributed by atoms with Crippen molar-refractivity contribution in [2.75, 3.05) is 38.4 Å². The highest BCUT2D eigenvalue weighted by Gasteiger charge is 2.25. The minimum Gasteiger partial charge on any atom is -0.489 e. The molecule has 0 saturated heterocycles. The SMILES string of the molecule is CCC#CC(=O)N(c1ccc2c(n1)OCCO2)c1cc(C)c(Br)cc1OCCOC. The fourth-order valence-corrected chi connectivity index (χ4v) is 3.10. The number of fused-ring (bicyclic) bond motifs is 1. The molecule has 0 spiro atoms. The van der Waals surface area contributed by atoms with E-state index in [-0.39, 0.29) is 0 Å². The molecule has 2 aromatic rings. The molecular weight excluding hydrogens is 452 g/mol. The van der Waals surface area contributed by atoms with Gasteiger partial charge in [0.2, 0.25) is 0 Å². The number of rotatable bonds is 6. The Bertz CT molecular complexity index is 983. The number of nitrogens with zero attached hydrogens (tertiary/aromatic N) is 2. The van der Waals surface area contributed by atoms with Crippen molar-refractivity contribution >= 4 is 33.3 Å². The van der Waals surface area contributed by atoms with Gasteiger partial charge in [0.05, 0.1) is 12.3 Å². The molecule has 158 valence electrons. The Morgan fingerprint density at radius 1 is 1.27 bits per heavy atom. The molecule has 0 N–H and O–H groups in total. The first-order valence-corrected chi connectivity index (χ1v) is 10.4. The van der Waals surface area contributed by atoms with Gasteiger partial charge in [-0.15, -0.1) is 0 Å². The first-order valence-electron chi connectivity index (χ1n) is 9.56. The van der Waals surface area contributed by atoms with Crippen molar-refractivity contribution < 1.29 is 23.7 Å². The largest absolute Gasteiger partial charge is 0.489 e. The average molecular weight is 475 g/mol. The summed E-state index contributed by atoms with van der Waals surface area (Å²) in [5.74, 6) is 6.85. The van der Waals surface area contributed by atoms with E-state index >= 15 is 0 Å². The van der Waals surface area contributed by atoms with Crippen LogP contribution >= 0.6 is 15.9 Å². The van der Waals surface area contributed by atoms with Crippen LogP contribution in [0, 0.1) is 18.8 Å². The predicted octanol–water partition coefficient (Wildman–Crippen LogP) is 4.03. The molecule has 7 nitrogen and oxygen atoms in total. The zero-order valence-corrected chi connectivity index (χ0v) is 18.7. The average Bonchev–Trinajstić information content (AvgIpc) is 2.75. The van der Waals surface area contributed by atoms with Gasteiger partial charge in [-0.3, -0.25) is 4.79 Å². The number of pyridine rings is 1. The Hall–Kier alpha value is -2.76. The molecule has 1 aliphatic rings. The van der Waals surface area contributed by atoms with E-state index in [0.29, 0.717) is 61.7 Å². The highest BCUT2D eigenvalue weighted by atomic mass is 79.9. The van der Waals surface area contributed by atoms with E-state index in [1.54, 1.807) is 19.2 Å². The molecule has 0 aliphatic carbocycles. The number of ether oxygens (including phenoxy) is 4. The summed E-state index contributed by atoms with van der Waals surface area (Å²) in [5.41, 5.74) is 1.47. The topological polar surface area (TPSA) is 70.1 Å². The number of hydrogen-bond donors (Lipinski definition) is 0. The van der Waals surface area contributed by atoms with Crippen molar-refractivity contribution in [1.82, 2.24) is 4.98 Å². The zero-order valence-electron chi connectivity index (χ0n) is 17.2. The minimum absolute atomic E-state index is 0.330. The van der Waals surface area contributed by atoms with Crippen LogP contribution in [0.3, 0.4) is 0 Å². The Morgan fingerprint density at radius 2 is 2.07 bits per heavy atom. The van der Waals surface area contributed by atoms with Gasteiger partial charge < -0.3 is 18.9 Å². The van der Waals surface area contributed by atoms with E-state index in [9.17, 15) is 4.79 Å². The van der Waals surface area contributed by atoms with E-state index in [1.807, 2.05) is 26.0 Å². The number of amides is 1. The number of halogens is 1. The second-order valence-corrected chi connectivity index (χ2v) is 7.23. The van der Waals surface area contributed by atoms with Gasteiger partial charge in [-0.1, -0.05) is 28.8 Å². The van der Waals surface area contributed by atoms with Crippen LogP contribution in [-0.2, 0) is 9.53 Å². The first kappa shape index (κ1) is 21.9. The van der Waals surface area contributed by atoms with Crippen molar-refractivity contribution in [1.29, 1.82) is 0 Å². The van der Waals surface area contributed by atoms with E-state index in [4.69, 9.17) is 18.9 Å². The fourth-order valence-electron chi connectivity index (χ4n) is 2.78. The van der Waals surface area contributed by atoms with Gasteiger partial charge in [0, 0.05) is 18.0 Å². The van der Waals surface area contributed by atoms with Crippen LogP contribution in [0.5, 0.6) is 17.4 Å². The third kappa shape index (κ3) is 5.04. The fraction of sp³-hybridized carbons (Fsp3) is 0.364. The molecule has 1 aromatic carbocycles. The van der Waals surface area contributed by atoms with E-state index < -0.39 is 5.91 Å². The Labute approximate surface area is 184 Å². The molecule has 2 heterocycles. The lowest BCUT2D eigenvalue weighted by atomic mass is 10.1. The number of methoxy groups -OCH3 is 1. The maximum atomic E-state index is 13.1.